The van der Waals surface area contributed by atoms with Crippen molar-refractivity contribution in [1.82, 2.24) is 0 Å². The van der Waals surface area contributed by atoms with Crippen LogP contribution in [0, 0.1) is 5.82 Å². The molecule has 7 heteroatoms. The average molecular weight is 359 g/mol. The number of benzene rings is 2. The Morgan fingerprint density at radius 2 is 1.80 bits per heavy atom. The molecule has 0 aliphatic rings. The van der Waals surface area contributed by atoms with E-state index in [9.17, 15) is 12.8 Å². The number of rotatable bonds is 4. The van der Waals surface area contributed by atoms with Crippen LogP contribution < -0.4 is 10.5 Å². The molecular formula is C13H12BrFN2O2S. The van der Waals surface area contributed by atoms with Crippen LogP contribution in [0.5, 0.6) is 0 Å². The highest BCUT2D eigenvalue weighted by Crippen LogP contribution is 2.18. The van der Waals surface area contributed by atoms with Crippen molar-refractivity contribution in [3.63, 3.8) is 0 Å². The maximum absolute atomic E-state index is 13.3. The maximum atomic E-state index is 13.3. The topological polar surface area (TPSA) is 72.2 Å². The highest BCUT2D eigenvalue weighted by molar-refractivity contribution is 9.10. The predicted molar refractivity (Wildman–Crippen MR) is 79.2 cm³/mol. The Balaban J connectivity index is 2.06. The number of halogens is 2. The minimum absolute atomic E-state index is 0.0535. The summed E-state index contributed by atoms with van der Waals surface area (Å²) in [5, 5.41) is 8.08. The van der Waals surface area contributed by atoms with Crippen molar-refractivity contribution in [2.75, 3.05) is 5.32 Å². The van der Waals surface area contributed by atoms with E-state index in [1.165, 1.54) is 18.2 Å². The molecule has 0 fully saturated rings. The first-order chi connectivity index (χ1) is 9.36. The van der Waals surface area contributed by atoms with Gasteiger partial charge in [-0.1, -0.05) is 6.07 Å². The molecule has 0 radical (unpaired) electrons. The van der Waals surface area contributed by atoms with Gasteiger partial charge in [0.15, 0.2) is 0 Å². The molecule has 0 aliphatic carbocycles. The van der Waals surface area contributed by atoms with E-state index >= 15 is 0 Å². The second-order valence-electron chi connectivity index (χ2n) is 4.17. The predicted octanol–water partition coefficient (Wildman–Crippen LogP) is 2.85. The minimum atomic E-state index is -3.68. The summed E-state index contributed by atoms with van der Waals surface area (Å²) in [5.41, 5.74) is 1.50. The van der Waals surface area contributed by atoms with Crippen molar-refractivity contribution in [3.8, 4) is 0 Å². The molecule has 2 aromatic rings. The van der Waals surface area contributed by atoms with Gasteiger partial charge in [0, 0.05) is 12.2 Å². The number of primary sulfonamides is 1. The summed E-state index contributed by atoms with van der Waals surface area (Å²) in [4.78, 5) is 0.0535. The largest absolute Gasteiger partial charge is 0.381 e. The van der Waals surface area contributed by atoms with Crippen LogP contribution in [0.3, 0.4) is 0 Å². The minimum Gasteiger partial charge on any atom is -0.381 e. The molecule has 0 atom stereocenters. The standard InChI is InChI=1S/C13H12BrFN2O2S/c14-12-6-1-9(7-13(12)15)8-17-10-2-4-11(5-3-10)20(16,18)19/h1-7,17H,8H2,(H2,16,18,19). The van der Waals surface area contributed by atoms with Crippen LogP contribution in [0.15, 0.2) is 51.8 Å². The highest BCUT2D eigenvalue weighted by atomic mass is 79.9. The summed E-state index contributed by atoms with van der Waals surface area (Å²) in [6, 6.07) is 10.9. The maximum Gasteiger partial charge on any atom is 0.238 e. The summed E-state index contributed by atoms with van der Waals surface area (Å²) in [6.45, 7) is 0.429. The molecule has 106 valence electrons. The number of hydrogen-bond donors (Lipinski definition) is 2. The molecule has 2 aromatic carbocycles. The van der Waals surface area contributed by atoms with E-state index in [-0.39, 0.29) is 10.7 Å². The molecule has 2 rings (SSSR count). The van der Waals surface area contributed by atoms with Gasteiger partial charge in [0.05, 0.1) is 9.37 Å². The van der Waals surface area contributed by atoms with Crippen LogP contribution in [-0.4, -0.2) is 8.42 Å². The molecule has 0 spiro atoms. The van der Waals surface area contributed by atoms with Crippen molar-refractivity contribution in [2.24, 2.45) is 5.14 Å². The van der Waals surface area contributed by atoms with Crippen LogP contribution in [0.2, 0.25) is 0 Å². The lowest BCUT2D eigenvalue weighted by Gasteiger charge is -2.08. The smallest absolute Gasteiger partial charge is 0.238 e. The van der Waals surface area contributed by atoms with Gasteiger partial charge in [-0.2, -0.15) is 0 Å². The Labute approximate surface area is 125 Å². The first-order valence-electron chi connectivity index (χ1n) is 5.67. The van der Waals surface area contributed by atoms with E-state index in [0.29, 0.717) is 11.0 Å². The van der Waals surface area contributed by atoms with Crippen molar-refractivity contribution in [1.29, 1.82) is 0 Å². The van der Waals surface area contributed by atoms with Crippen LogP contribution in [-0.2, 0) is 16.6 Å². The van der Waals surface area contributed by atoms with Gasteiger partial charge in [0.1, 0.15) is 5.82 Å². The zero-order valence-corrected chi connectivity index (χ0v) is 12.7. The van der Waals surface area contributed by atoms with Crippen molar-refractivity contribution in [2.45, 2.75) is 11.4 Å². The monoisotopic (exact) mass is 358 g/mol. The van der Waals surface area contributed by atoms with E-state index in [0.717, 1.165) is 11.3 Å². The number of sulfonamides is 1. The van der Waals surface area contributed by atoms with Gasteiger partial charge in [-0.25, -0.2) is 17.9 Å². The third-order valence-electron chi connectivity index (χ3n) is 2.66. The number of nitrogens with two attached hydrogens (primary N) is 1. The molecule has 0 bridgehead atoms. The zero-order chi connectivity index (χ0) is 14.8. The third kappa shape index (κ3) is 3.78. The first kappa shape index (κ1) is 15.0. The van der Waals surface area contributed by atoms with Gasteiger partial charge >= 0.3 is 0 Å². The van der Waals surface area contributed by atoms with Crippen LogP contribution in [0.4, 0.5) is 10.1 Å². The molecule has 0 unspecified atom stereocenters. The SMILES string of the molecule is NS(=O)(=O)c1ccc(NCc2ccc(Br)c(F)c2)cc1. The molecule has 4 nitrogen and oxygen atoms in total. The zero-order valence-electron chi connectivity index (χ0n) is 10.3. The first-order valence-corrected chi connectivity index (χ1v) is 8.01. The molecule has 0 aliphatic heterocycles. The van der Waals surface area contributed by atoms with E-state index in [4.69, 9.17) is 5.14 Å². The van der Waals surface area contributed by atoms with Crippen molar-refractivity contribution < 1.29 is 12.8 Å². The summed E-state index contributed by atoms with van der Waals surface area (Å²) >= 11 is 3.09. The molecule has 0 saturated carbocycles. The number of nitrogens with one attached hydrogen (secondary N) is 1. The van der Waals surface area contributed by atoms with Gasteiger partial charge in [0.2, 0.25) is 10.0 Å². The summed E-state index contributed by atoms with van der Waals surface area (Å²) in [5.74, 6) is -0.325. The van der Waals surface area contributed by atoms with Crippen LogP contribution in [0.1, 0.15) is 5.56 Å². The van der Waals surface area contributed by atoms with Gasteiger partial charge in [-0.15, -0.1) is 0 Å². The lowest BCUT2D eigenvalue weighted by Crippen LogP contribution is -2.12. The highest BCUT2D eigenvalue weighted by Gasteiger charge is 2.06. The van der Waals surface area contributed by atoms with E-state index in [2.05, 4.69) is 21.2 Å². The Bertz CT molecular complexity index is 718. The second-order valence-corrected chi connectivity index (χ2v) is 6.59. The Kier molecular flexibility index (Phi) is 4.42. The molecule has 3 N–H and O–H groups in total. The molecule has 0 aromatic heterocycles. The Hall–Kier alpha value is -1.44. The van der Waals surface area contributed by atoms with Gasteiger partial charge in [-0.05, 0) is 57.9 Å². The Morgan fingerprint density at radius 3 is 2.35 bits per heavy atom. The van der Waals surface area contributed by atoms with Crippen molar-refractivity contribution in [3.05, 3.63) is 58.3 Å². The van der Waals surface area contributed by atoms with Gasteiger partial charge in [-0.3, -0.25) is 0 Å². The summed E-state index contributed by atoms with van der Waals surface area (Å²) in [7, 11) is -3.68. The molecule has 0 amide bonds. The van der Waals surface area contributed by atoms with E-state index < -0.39 is 10.0 Å². The average Bonchev–Trinajstić information content (AvgIpc) is 2.40. The molecule has 0 heterocycles. The fourth-order valence-electron chi connectivity index (χ4n) is 1.62. The van der Waals surface area contributed by atoms with Crippen LogP contribution >= 0.6 is 15.9 Å². The third-order valence-corrected chi connectivity index (χ3v) is 4.24. The lowest BCUT2D eigenvalue weighted by molar-refractivity contribution is 0.598. The molecular weight excluding hydrogens is 347 g/mol. The van der Waals surface area contributed by atoms with Crippen molar-refractivity contribution >= 4 is 31.6 Å². The fraction of sp³-hybridized carbons (Fsp3) is 0.0769. The quantitative estimate of drug-likeness (QED) is 0.882. The normalized spacial score (nSPS) is 11.3. The van der Waals surface area contributed by atoms with E-state index in [1.54, 1.807) is 24.3 Å². The number of anilines is 1. The van der Waals surface area contributed by atoms with Crippen LogP contribution in [0.25, 0.3) is 0 Å². The fourth-order valence-corrected chi connectivity index (χ4v) is 2.38. The van der Waals surface area contributed by atoms with Gasteiger partial charge in [0.25, 0.3) is 0 Å². The molecule has 20 heavy (non-hydrogen) atoms. The van der Waals surface area contributed by atoms with Gasteiger partial charge < -0.3 is 5.32 Å². The Morgan fingerprint density at radius 1 is 1.15 bits per heavy atom. The second kappa shape index (κ2) is 5.90. The van der Waals surface area contributed by atoms with E-state index in [1.807, 2.05) is 0 Å². The lowest BCUT2D eigenvalue weighted by atomic mass is 10.2. The number of hydrogen-bond acceptors (Lipinski definition) is 3. The molecule has 0 saturated heterocycles. The summed E-state index contributed by atoms with van der Waals surface area (Å²) in [6.07, 6.45) is 0. The summed E-state index contributed by atoms with van der Waals surface area (Å²) < 4.78 is 36.0.